The largest absolute Gasteiger partial charge is 0.416 e. The highest BCUT2D eigenvalue weighted by Gasteiger charge is 2.41. The number of fused-ring (bicyclic) bond motifs is 2. The summed E-state index contributed by atoms with van der Waals surface area (Å²) in [4.78, 5) is 2.34. The minimum atomic E-state index is -4.29. The summed E-state index contributed by atoms with van der Waals surface area (Å²) in [5, 5.41) is 0. The summed E-state index contributed by atoms with van der Waals surface area (Å²) < 4.78 is 39.8. The SMILES string of the molecule is CC(C)N1CCC2C=C(c3ccccc3C(F)(F)F)C1C2. The van der Waals surface area contributed by atoms with Gasteiger partial charge in [0, 0.05) is 12.1 Å². The molecule has 2 atom stereocenters. The van der Waals surface area contributed by atoms with Gasteiger partial charge in [0.1, 0.15) is 0 Å². The van der Waals surface area contributed by atoms with Gasteiger partial charge in [-0.25, -0.2) is 0 Å². The Balaban J connectivity index is 2.03. The van der Waals surface area contributed by atoms with Crippen molar-refractivity contribution < 1.29 is 13.2 Å². The molecule has 114 valence electrons. The fourth-order valence-electron chi connectivity index (χ4n) is 3.70. The van der Waals surface area contributed by atoms with E-state index in [-0.39, 0.29) is 6.04 Å². The lowest BCUT2D eigenvalue weighted by atomic mass is 9.92. The minimum absolute atomic E-state index is 0.132. The summed E-state index contributed by atoms with van der Waals surface area (Å²) in [6, 6.07) is 6.47. The first kappa shape index (κ1) is 14.6. The van der Waals surface area contributed by atoms with Crippen molar-refractivity contribution in [1.29, 1.82) is 0 Å². The fourth-order valence-corrected chi connectivity index (χ4v) is 3.70. The third kappa shape index (κ3) is 2.61. The van der Waals surface area contributed by atoms with Crippen molar-refractivity contribution in [2.45, 2.75) is 44.9 Å². The first-order chi connectivity index (χ1) is 9.88. The maximum Gasteiger partial charge on any atom is 0.416 e. The highest BCUT2D eigenvalue weighted by atomic mass is 19.4. The number of allylic oxidation sites excluding steroid dienone is 1. The Kier molecular flexibility index (Phi) is 3.60. The molecule has 0 aromatic heterocycles. The van der Waals surface area contributed by atoms with Gasteiger partial charge in [-0.1, -0.05) is 24.3 Å². The normalized spacial score (nSPS) is 26.3. The molecule has 1 nitrogen and oxygen atoms in total. The molecule has 0 amide bonds. The molecule has 1 saturated heterocycles. The summed E-state index contributed by atoms with van der Waals surface area (Å²) in [7, 11) is 0. The van der Waals surface area contributed by atoms with Gasteiger partial charge in [0.15, 0.2) is 0 Å². The van der Waals surface area contributed by atoms with Crippen molar-refractivity contribution in [3.63, 3.8) is 0 Å². The monoisotopic (exact) mass is 295 g/mol. The Labute approximate surface area is 123 Å². The van der Waals surface area contributed by atoms with Crippen molar-refractivity contribution in [2.75, 3.05) is 6.54 Å². The molecule has 0 radical (unpaired) electrons. The van der Waals surface area contributed by atoms with Gasteiger partial charge >= 0.3 is 6.18 Å². The molecule has 3 rings (SSSR count). The highest BCUT2D eigenvalue weighted by molar-refractivity contribution is 5.75. The average Bonchev–Trinajstić information content (AvgIpc) is 2.74. The highest BCUT2D eigenvalue weighted by Crippen LogP contribution is 2.44. The van der Waals surface area contributed by atoms with Crippen LogP contribution in [0.25, 0.3) is 5.57 Å². The molecule has 2 unspecified atom stereocenters. The molecule has 21 heavy (non-hydrogen) atoms. The smallest absolute Gasteiger partial charge is 0.294 e. The molecule has 0 spiro atoms. The topological polar surface area (TPSA) is 3.24 Å². The van der Waals surface area contributed by atoms with E-state index in [1.165, 1.54) is 12.1 Å². The first-order valence-corrected chi connectivity index (χ1v) is 7.52. The molecular weight excluding hydrogens is 275 g/mol. The van der Waals surface area contributed by atoms with E-state index in [2.05, 4.69) is 24.8 Å². The van der Waals surface area contributed by atoms with Crippen LogP contribution in [0.3, 0.4) is 0 Å². The van der Waals surface area contributed by atoms with Crippen LogP contribution in [-0.2, 0) is 6.18 Å². The van der Waals surface area contributed by atoms with Crippen LogP contribution in [-0.4, -0.2) is 23.5 Å². The fraction of sp³-hybridized carbons (Fsp3) is 0.529. The molecule has 2 aliphatic rings. The number of halogens is 3. The number of piperidine rings is 1. The van der Waals surface area contributed by atoms with Gasteiger partial charge in [-0.2, -0.15) is 13.2 Å². The number of hydrogen-bond acceptors (Lipinski definition) is 1. The Morgan fingerprint density at radius 2 is 1.90 bits per heavy atom. The van der Waals surface area contributed by atoms with Crippen LogP contribution in [0.1, 0.15) is 37.8 Å². The summed E-state index contributed by atoms with van der Waals surface area (Å²) in [5.74, 6) is 0.432. The minimum Gasteiger partial charge on any atom is -0.294 e. The Morgan fingerprint density at radius 3 is 2.57 bits per heavy atom. The van der Waals surface area contributed by atoms with E-state index in [0.717, 1.165) is 25.0 Å². The van der Waals surface area contributed by atoms with E-state index in [1.807, 2.05) is 0 Å². The van der Waals surface area contributed by atoms with Crippen molar-refractivity contribution in [3.8, 4) is 0 Å². The third-order valence-corrected chi connectivity index (χ3v) is 4.67. The molecule has 0 N–H and O–H groups in total. The van der Waals surface area contributed by atoms with Gasteiger partial charge in [-0.15, -0.1) is 0 Å². The first-order valence-electron chi connectivity index (χ1n) is 7.52. The zero-order valence-corrected chi connectivity index (χ0v) is 12.3. The van der Waals surface area contributed by atoms with E-state index in [1.54, 1.807) is 12.1 Å². The summed E-state index contributed by atoms with van der Waals surface area (Å²) in [5.41, 5.74) is 0.733. The molecule has 1 heterocycles. The van der Waals surface area contributed by atoms with Crippen LogP contribution < -0.4 is 0 Å². The van der Waals surface area contributed by atoms with Crippen LogP contribution >= 0.6 is 0 Å². The van der Waals surface area contributed by atoms with E-state index in [9.17, 15) is 13.2 Å². The van der Waals surface area contributed by atoms with E-state index < -0.39 is 11.7 Å². The zero-order valence-electron chi connectivity index (χ0n) is 12.3. The molecule has 2 bridgehead atoms. The second-order valence-electron chi connectivity index (χ2n) is 6.30. The van der Waals surface area contributed by atoms with E-state index in [0.29, 0.717) is 17.5 Å². The number of likely N-dealkylation sites (tertiary alicyclic amines) is 1. The number of hydrogen-bond donors (Lipinski definition) is 0. The summed E-state index contributed by atoms with van der Waals surface area (Å²) in [6.07, 6.45) is -0.208. The van der Waals surface area contributed by atoms with Crippen LogP contribution in [0.2, 0.25) is 0 Å². The standard InChI is InChI=1S/C17H20F3N/c1-11(2)21-8-7-12-9-14(16(21)10-12)13-5-3-4-6-15(13)17(18,19)20/h3-6,9,11-12,16H,7-8,10H2,1-2H3. The quantitative estimate of drug-likeness (QED) is 0.771. The Morgan fingerprint density at radius 1 is 1.19 bits per heavy atom. The average molecular weight is 295 g/mol. The number of alkyl halides is 3. The number of rotatable bonds is 2. The van der Waals surface area contributed by atoms with Gasteiger partial charge in [-0.3, -0.25) is 4.90 Å². The van der Waals surface area contributed by atoms with Crippen molar-refractivity contribution in [1.82, 2.24) is 4.90 Å². The number of benzene rings is 1. The lowest BCUT2D eigenvalue weighted by Gasteiger charge is -2.38. The third-order valence-electron chi connectivity index (χ3n) is 4.67. The lowest BCUT2D eigenvalue weighted by molar-refractivity contribution is -0.137. The molecule has 1 fully saturated rings. The molecular formula is C17H20F3N. The van der Waals surface area contributed by atoms with Crippen LogP contribution in [0.15, 0.2) is 30.3 Å². The summed E-state index contributed by atoms with van der Waals surface area (Å²) >= 11 is 0. The predicted octanol–water partition coefficient (Wildman–Crippen LogP) is 4.59. The van der Waals surface area contributed by atoms with Gasteiger partial charge in [-0.05, 0) is 56.4 Å². The van der Waals surface area contributed by atoms with Crippen LogP contribution in [0, 0.1) is 5.92 Å². The molecule has 1 aromatic carbocycles. The van der Waals surface area contributed by atoms with Crippen molar-refractivity contribution in [2.24, 2.45) is 5.92 Å². The molecule has 1 aromatic rings. The van der Waals surface area contributed by atoms with Crippen LogP contribution in [0.4, 0.5) is 13.2 Å². The van der Waals surface area contributed by atoms with Crippen molar-refractivity contribution >= 4 is 5.57 Å². The maximum absolute atomic E-state index is 13.3. The Bertz CT molecular complexity index is 559. The summed E-state index contributed by atoms with van der Waals surface area (Å²) in [6.45, 7) is 5.21. The maximum atomic E-state index is 13.3. The van der Waals surface area contributed by atoms with Gasteiger partial charge in [0.25, 0.3) is 0 Å². The zero-order chi connectivity index (χ0) is 15.2. The lowest BCUT2D eigenvalue weighted by Crippen LogP contribution is -2.44. The Hall–Kier alpha value is -1.29. The van der Waals surface area contributed by atoms with Crippen molar-refractivity contribution in [3.05, 3.63) is 41.5 Å². The number of nitrogens with zero attached hydrogens (tertiary/aromatic N) is 1. The predicted molar refractivity (Wildman–Crippen MR) is 77.8 cm³/mol. The second kappa shape index (κ2) is 5.16. The van der Waals surface area contributed by atoms with Crippen LogP contribution in [0.5, 0.6) is 0 Å². The van der Waals surface area contributed by atoms with Gasteiger partial charge < -0.3 is 0 Å². The molecule has 1 aliphatic carbocycles. The second-order valence-corrected chi connectivity index (χ2v) is 6.30. The molecule has 0 saturated carbocycles. The van der Waals surface area contributed by atoms with Gasteiger partial charge in [0.2, 0.25) is 0 Å². The van der Waals surface area contributed by atoms with E-state index >= 15 is 0 Å². The van der Waals surface area contributed by atoms with Gasteiger partial charge in [0.05, 0.1) is 5.56 Å². The molecule has 4 heteroatoms. The molecule has 1 aliphatic heterocycles. The van der Waals surface area contributed by atoms with E-state index in [4.69, 9.17) is 0 Å².